The maximum Gasteiger partial charge on any atom is 0.283 e. The lowest BCUT2D eigenvalue weighted by atomic mass is 10.1. The van der Waals surface area contributed by atoms with Gasteiger partial charge in [-0.2, -0.15) is 0 Å². The Balaban J connectivity index is 3.45. The molecule has 1 aromatic carbocycles. The van der Waals surface area contributed by atoms with Crippen molar-refractivity contribution in [3.63, 3.8) is 0 Å². The Bertz CT molecular complexity index is 827. The minimum absolute atomic E-state index is 0.156. The zero-order valence-electron chi connectivity index (χ0n) is 16.7. The van der Waals surface area contributed by atoms with Crippen LogP contribution in [0, 0.1) is 10.1 Å². The van der Waals surface area contributed by atoms with Crippen LogP contribution in [0.4, 0.5) is 11.4 Å². The number of nitrogens with zero attached hydrogens (tertiary/aromatic N) is 3. The summed E-state index contributed by atoms with van der Waals surface area (Å²) in [5.41, 5.74) is -0.413. The molecule has 0 aliphatic heterocycles. The summed E-state index contributed by atoms with van der Waals surface area (Å²) in [4.78, 5) is 27.0. The third-order valence-electron chi connectivity index (χ3n) is 4.04. The molecule has 0 aliphatic carbocycles. The first kappa shape index (κ1) is 25.8. The molecular weight excluding hydrogens is 532 g/mol. The average molecular weight is 558 g/mol. The summed E-state index contributed by atoms with van der Waals surface area (Å²) >= 11 is 6.67. The van der Waals surface area contributed by atoms with Gasteiger partial charge < -0.3 is 15.1 Å². The smallest absolute Gasteiger partial charge is 0.283 e. The lowest BCUT2D eigenvalue weighted by Gasteiger charge is -2.25. The highest BCUT2D eigenvalue weighted by Gasteiger charge is 2.28. The quantitative estimate of drug-likeness (QED) is 0.181. The lowest BCUT2D eigenvalue weighted by Crippen LogP contribution is -2.31. The van der Waals surface area contributed by atoms with Crippen LogP contribution < -0.4 is 10.2 Å². The molecular formula is C17H26Br2N4O5S. The molecule has 0 saturated heterocycles. The number of alkyl halides is 2. The third kappa shape index (κ3) is 7.83. The maximum absolute atomic E-state index is 12.7. The number of hydrogen-bond acceptors (Lipinski definition) is 7. The van der Waals surface area contributed by atoms with E-state index in [9.17, 15) is 23.3 Å². The minimum atomic E-state index is -3.76. The number of rotatable bonds is 12. The monoisotopic (exact) mass is 556 g/mol. The summed E-state index contributed by atoms with van der Waals surface area (Å²) in [6.45, 7) is 2.04. The van der Waals surface area contributed by atoms with Gasteiger partial charge in [-0.1, -0.05) is 31.9 Å². The molecule has 12 heteroatoms. The molecule has 0 fully saturated rings. The van der Waals surface area contributed by atoms with Crippen LogP contribution in [0.3, 0.4) is 0 Å². The van der Waals surface area contributed by atoms with Gasteiger partial charge in [0.05, 0.1) is 15.5 Å². The molecule has 0 bridgehead atoms. The molecule has 9 nitrogen and oxygen atoms in total. The van der Waals surface area contributed by atoms with E-state index in [4.69, 9.17) is 0 Å². The normalized spacial score (nSPS) is 11.5. The highest BCUT2D eigenvalue weighted by molar-refractivity contribution is 9.09. The highest BCUT2D eigenvalue weighted by Crippen LogP contribution is 2.33. The number of anilines is 1. The van der Waals surface area contributed by atoms with Gasteiger partial charge >= 0.3 is 0 Å². The van der Waals surface area contributed by atoms with Gasteiger partial charge in [-0.15, -0.1) is 0 Å². The zero-order chi connectivity index (χ0) is 22.2. The number of nitro benzene ring substituents is 1. The first-order valence-electron chi connectivity index (χ1n) is 8.85. The van der Waals surface area contributed by atoms with Crippen LogP contribution in [0.25, 0.3) is 0 Å². The first-order valence-corrected chi connectivity index (χ1v) is 13.0. The molecule has 0 aromatic heterocycles. The number of nitrogens with one attached hydrogen (secondary N) is 1. The fourth-order valence-electron chi connectivity index (χ4n) is 2.68. The molecule has 0 atom stereocenters. The summed E-state index contributed by atoms with van der Waals surface area (Å²) in [5, 5.41) is 15.4. The van der Waals surface area contributed by atoms with Gasteiger partial charge in [0, 0.05) is 42.6 Å². The molecule has 29 heavy (non-hydrogen) atoms. The van der Waals surface area contributed by atoms with E-state index in [0.29, 0.717) is 36.7 Å². The van der Waals surface area contributed by atoms with Crippen LogP contribution in [0.1, 0.15) is 16.8 Å². The Kier molecular flexibility index (Phi) is 10.5. The van der Waals surface area contributed by atoms with Gasteiger partial charge in [-0.05, 0) is 33.1 Å². The average Bonchev–Trinajstić information content (AvgIpc) is 2.62. The van der Waals surface area contributed by atoms with Crippen molar-refractivity contribution < 1.29 is 18.1 Å². The number of sulfone groups is 1. The van der Waals surface area contributed by atoms with Crippen molar-refractivity contribution in [3.05, 3.63) is 27.8 Å². The van der Waals surface area contributed by atoms with Crippen molar-refractivity contribution in [2.45, 2.75) is 11.3 Å². The largest absolute Gasteiger partial charge is 0.369 e. The molecule has 0 radical (unpaired) electrons. The van der Waals surface area contributed by atoms with Crippen LogP contribution >= 0.6 is 31.9 Å². The Labute approximate surface area is 188 Å². The standard InChI is InChI=1S/C17H26Br2N4O5S/c1-21(2)8-4-7-20-17(24)13-11-15(22(9-5-18)10-6-19)16(29(3,27)28)12-14(13)23(25)26/h11-12H,4-10H2,1-3H3,(H,20,24). The van der Waals surface area contributed by atoms with E-state index in [0.717, 1.165) is 18.9 Å². The minimum Gasteiger partial charge on any atom is -0.369 e. The third-order valence-corrected chi connectivity index (χ3v) is 5.87. The predicted octanol–water partition coefficient (Wildman–Crippen LogP) is 2.28. The van der Waals surface area contributed by atoms with Gasteiger partial charge in [0.25, 0.3) is 11.6 Å². The van der Waals surface area contributed by atoms with Crippen molar-refractivity contribution in [1.82, 2.24) is 10.2 Å². The second kappa shape index (κ2) is 11.8. The van der Waals surface area contributed by atoms with Crippen LogP contribution in [0.2, 0.25) is 0 Å². The number of halogens is 2. The predicted molar refractivity (Wildman–Crippen MR) is 122 cm³/mol. The Morgan fingerprint density at radius 3 is 2.21 bits per heavy atom. The lowest BCUT2D eigenvalue weighted by molar-refractivity contribution is -0.385. The van der Waals surface area contributed by atoms with Crippen LogP contribution in [-0.2, 0) is 9.84 Å². The molecule has 0 spiro atoms. The van der Waals surface area contributed by atoms with E-state index in [1.54, 1.807) is 4.90 Å². The summed E-state index contributed by atoms with van der Waals surface area (Å²) < 4.78 is 24.6. The summed E-state index contributed by atoms with van der Waals surface area (Å²) in [5.74, 6) is -0.602. The summed E-state index contributed by atoms with van der Waals surface area (Å²) in [6, 6.07) is 2.29. The van der Waals surface area contributed by atoms with Gasteiger partial charge in [0.2, 0.25) is 0 Å². The van der Waals surface area contributed by atoms with Crippen molar-refractivity contribution in [2.24, 2.45) is 0 Å². The topological polar surface area (TPSA) is 113 Å². The van der Waals surface area contributed by atoms with E-state index < -0.39 is 26.4 Å². The second-order valence-electron chi connectivity index (χ2n) is 6.64. The molecule has 0 unspecified atom stereocenters. The van der Waals surface area contributed by atoms with E-state index in [-0.39, 0.29) is 16.1 Å². The van der Waals surface area contributed by atoms with Gasteiger partial charge in [0.15, 0.2) is 9.84 Å². The van der Waals surface area contributed by atoms with E-state index in [2.05, 4.69) is 37.2 Å². The van der Waals surface area contributed by atoms with E-state index in [1.807, 2.05) is 19.0 Å². The number of benzene rings is 1. The number of carbonyl (C=O) groups excluding carboxylic acids is 1. The van der Waals surface area contributed by atoms with Crippen LogP contribution in [-0.4, -0.2) is 81.3 Å². The number of hydrogen-bond donors (Lipinski definition) is 1. The number of nitro groups is 1. The van der Waals surface area contributed by atoms with Gasteiger partial charge in [0.1, 0.15) is 5.56 Å². The Morgan fingerprint density at radius 2 is 1.76 bits per heavy atom. The summed E-state index contributed by atoms with van der Waals surface area (Å²) in [7, 11) is 0.0579. The number of amides is 1. The van der Waals surface area contributed by atoms with Crippen LogP contribution in [0.5, 0.6) is 0 Å². The molecule has 0 heterocycles. The van der Waals surface area contributed by atoms with Gasteiger partial charge in [-0.3, -0.25) is 14.9 Å². The van der Waals surface area contributed by atoms with Crippen molar-refractivity contribution in [1.29, 1.82) is 0 Å². The Morgan fingerprint density at radius 1 is 1.17 bits per heavy atom. The molecule has 1 aromatic rings. The van der Waals surface area contributed by atoms with Crippen molar-refractivity contribution in [3.8, 4) is 0 Å². The molecule has 164 valence electrons. The van der Waals surface area contributed by atoms with Gasteiger partial charge in [-0.25, -0.2) is 8.42 Å². The maximum atomic E-state index is 12.7. The zero-order valence-corrected chi connectivity index (χ0v) is 20.6. The second-order valence-corrected chi connectivity index (χ2v) is 10.2. The van der Waals surface area contributed by atoms with E-state index in [1.165, 1.54) is 6.07 Å². The molecule has 0 saturated carbocycles. The molecule has 0 aliphatic rings. The summed E-state index contributed by atoms with van der Waals surface area (Å²) in [6.07, 6.45) is 1.68. The first-order chi connectivity index (χ1) is 13.5. The molecule has 1 amide bonds. The fourth-order valence-corrected chi connectivity index (χ4v) is 4.43. The van der Waals surface area contributed by atoms with Crippen molar-refractivity contribution in [2.75, 3.05) is 62.1 Å². The highest BCUT2D eigenvalue weighted by atomic mass is 79.9. The number of carbonyl (C=O) groups is 1. The van der Waals surface area contributed by atoms with Crippen LogP contribution in [0.15, 0.2) is 17.0 Å². The molecule has 1 rings (SSSR count). The van der Waals surface area contributed by atoms with Crippen molar-refractivity contribution >= 4 is 59.0 Å². The van der Waals surface area contributed by atoms with E-state index >= 15 is 0 Å². The molecule has 1 N–H and O–H groups in total. The Hall–Kier alpha value is -1.24. The SMILES string of the molecule is CN(C)CCCNC(=O)c1cc(N(CCBr)CCBr)c(S(C)(=O)=O)cc1[N+](=O)[O-]. The fraction of sp³-hybridized carbons (Fsp3) is 0.588.